The number of amides is 1. The van der Waals surface area contributed by atoms with Gasteiger partial charge in [0, 0.05) is 16.4 Å². The first-order valence-corrected chi connectivity index (χ1v) is 7.05. The predicted molar refractivity (Wildman–Crippen MR) is 74.4 cm³/mol. The molecule has 0 spiro atoms. The Morgan fingerprint density at radius 3 is 2.78 bits per heavy atom. The number of hydrogen-bond acceptors (Lipinski definition) is 2. The van der Waals surface area contributed by atoms with Gasteiger partial charge in [-0.3, -0.25) is 4.79 Å². The van der Waals surface area contributed by atoms with Crippen molar-refractivity contribution in [2.24, 2.45) is 0 Å². The highest BCUT2D eigenvalue weighted by Gasteiger charge is 2.39. The van der Waals surface area contributed by atoms with E-state index < -0.39 is 6.10 Å². The molecule has 3 nitrogen and oxygen atoms in total. The summed E-state index contributed by atoms with van der Waals surface area (Å²) in [7, 11) is 0. The minimum Gasteiger partial charge on any atom is -0.384 e. The van der Waals surface area contributed by atoms with Crippen molar-refractivity contribution in [2.75, 3.05) is 6.54 Å². The average molecular weight is 312 g/mol. The summed E-state index contributed by atoms with van der Waals surface area (Å²) in [5.74, 6) is -0.295. The summed E-state index contributed by atoms with van der Waals surface area (Å²) >= 11 is 3.48. The number of hydrogen-bond donors (Lipinski definition) is 2. The molecule has 0 heterocycles. The second kappa shape index (κ2) is 5.41. The fourth-order valence-corrected chi connectivity index (χ4v) is 2.79. The van der Waals surface area contributed by atoms with Crippen molar-refractivity contribution in [1.82, 2.24) is 5.32 Å². The number of benzene rings is 1. The largest absolute Gasteiger partial charge is 0.384 e. The van der Waals surface area contributed by atoms with Crippen LogP contribution in [0.4, 0.5) is 0 Å². The molecular weight excluding hydrogens is 294 g/mol. The van der Waals surface area contributed by atoms with Crippen LogP contribution >= 0.6 is 15.9 Å². The zero-order valence-electron chi connectivity index (χ0n) is 10.4. The van der Waals surface area contributed by atoms with E-state index in [1.165, 1.54) is 18.9 Å². The Morgan fingerprint density at radius 1 is 1.56 bits per heavy atom. The fourth-order valence-electron chi connectivity index (χ4n) is 2.39. The number of carbonyl (C=O) groups excluding carboxylic acids is 1. The smallest absolute Gasteiger partial charge is 0.248 e. The molecule has 1 aromatic carbocycles. The lowest BCUT2D eigenvalue weighted by atomic mass is 9.64. The maximum Gasteiger partial charge on any atom is 0.248 e. The zero-order valence-corrected chi connectivity index (χ0v) is 12.0. The lowest BCUT2D eigenvalue weighted by Crippen LogP contribution is -2.47. The Labute approximate surface area is 116 Å². The minimum atomic E-state index is -0.940. The number of halogens is 1. The van der Waals surface area contributed by atoms with Gasteiger partial charge in [-0.1, -0.05) is 34.5 Å². The van der Waals surface area contributed by atoms with Crippen molar-refractivity contribution in [2.45, 2.75) is 37.7 Å². The van der Waals surface area contributed by atoms with Gasteiger partial charge in [0.1, 0.15) is 6.10 Å². The van der Waals surface area contributed by atoms with Crippen molar-refractivity contribution in [3.63, 3.8) is 0 Å². The molecule has 1 saturated carbocycles. The molecule has 1 aromatic rings. The summed E-state index contributed by atoms with van der Waals surface area (Å²) in [5, 5.41) is 12.0. The molecule has 1 amide bonds. The van der Waals surface area contributed by atoms with Gasteiger partial charge >= 0.3 is 0 Å². The maximum absolute atomic E-state index is 11.5. The van der Waals surface area contributed by atoms with Gasteiger partial charge in [-0.05, 0) is 37.5 Å². The second-order valence-corrected chi connectivity index (χ2v) is 5.95. The van der Waals surface area contributed by atoms with Crippen molar-refractivity contribution in [3.05, 3.63) is 34.3 Å². The Morgan fingerprint density at radius 2 is 2.28 bits per heavy atom. The molecule has 1 atom stereocenters. The summed E-state index contributed by atoms with van der Waals surface area (Å²) in [4.78, 5) is 11.5. The van der Waals surface area contributed by atoms with E-state index in [-0.39, 0.29) is 11.3 Å². The highest BCUT2D eigenvalue weighted by Crippen LogP contribution is 2.43. The van der Waals surface area contributed by atoms with Crippen molar-refractivity contribution in [1.29, 1.82) is 0 Å². The number of carbonyl (C=O) groups is 1. The third-order valence-electron chi connectivity index (χ3n) is 3.73. The van der Waals surface area contributed by atoms with E-state index >= 15 is 0 Å². The molecule has 1 aliphatic carbocycles. The molecular formula is C14H18BrNO2. The molecule has 0 bridgehead atoms. The first-order valence-electron chi connectivity index (χ1n) is 6.25. The van der Waals surface area contributed by atoms with Gasteiger partial charge in [-0.25, -0.2) is 0 Å². The van der Waals surface area contributed by atoms with E-state index in [1.54, 1.807) is 0 Å². The van der Waals surface area contributed by atoms with Crippen LogP contribution in [0.2, 0.25) is 0 Å². The van der Waals surface area contributed by atoms with E-state index in [0.717, 1.165) is 17.3 Å². The molecule has 18 heavy (non-hydrogen) atoms. The number of aliphatic hydroxyl groups excluding tert-OH is 1. The Hall–Kier alpha value is -0.870. The minimum absolute atomic E-state index is 0.0499. The Kier molecular flexibility index (Phi) is 4.07. The van der Waals surface area contributed by atoms with Crippen LogP contribution in [0.1, 0.15) is 31.7 Å². The predicted octanol–water partition coefficient (Wildman–Crippen LogP) is 2.37. The van der Waals surface area contributed by atoms with Crippen molar-refractivity contribution >= 4 is 21.8 Å². The van der Waals surface area contributed by atoms with Gasteiger partial charge in [-0.15, -0.1) is 0 Å². The summed E-state index contributed by atoms with van der Waals surface area (Å²) in [5.41, 5.74) is 1.31. The molecule has 4 heteroatoms. The summed E-state index contributed by atoms with van der Waals surface area (Å²) in [6.07, 6.45) is 2.43. The molecule has 0 saturated heterocycles. The van der Waals surface area contributed by atoms with Gasteiger partial charge in [-0.2, -0.15) is 0 Å². The van der Waals surface area contributed by atoms with Crippen LogP contribution in [0.15, 0.2) is 28.7 Å². The summed E-state index contributed by atoms with van der Waals surface area (Å²) in [6, 6.07) is 8.26. The normalized spacial score (nSPS) is 18.8. The molecule has 1 aliphatic rings. The SMILES string of the molecule is CC(O)C(=O)NCC1(c2cccc(Br)c2)CCC1. The van der Waals surface area contributed by atoms with Crippen LogP contribution in [0.3, 0.4) is 0 Å². The maximum atomic E-state index is 11.5. The Bertz CT molecular complexity index is 441. The molecule has 2 N–H and O–H groups in total. The van der Waals surface area contributed by atoms with Crippen molar-refractivity contribution in [3.8, 4) is 0 Å². The van der Waals surface area contributed by atoms with E-state index in [4.69, 9.17) is 0 Å². The van der Waals surface area contributed by atoms with E-state index in [1.807, 2.05) is 12.1 Å². The van der Waals surface area contributed by atoms with Gasteiger partial charge < -0.3 is 10.4 Å². The first kappa shape index (κ1) is 13.6. The molecule has 2 rings (SSSR count). The standard InChI is InChI=1S/C14H18BrNO2/c1-10(17)13(18)16-9-14(6-3-7-14)11-4-2-5-12(15)8-11/h2,4-5,8,10,17H,3,6-7,9H2,1H3,(H,16,18). The summed E-state index contributed by atoms with van der Waals surface area (Å²) in [6.45, 7) is 2.09. The molecule has 98 valence electrons. The monoisotopic (exact) mass is 311 g/mol. The Balaban J connectivity index is 2.09. The van der Waals surface area contributed by atoms with Crippen LogP contribution in [0, 0.1) is 0 Å². The number of rotatable bonds is 4. The first-order chi connectivity index (χ1) is 8.53. The van der Waals surface area contributed by atoms with Crippen LogP contribution < -0.4 is 5.32 Å². The van der Waals surface area contributed by atoms with Crippen LogP contribution in [-0.2, 0) is 10.2 Å². The van der Waals surface area contributed by atoms with E-state index in [9.17, 15) is 9.90 Å². The van der Waals surface area contributed by atoms with Crippen LogP contribution in [0.25, 0.3) is 0 Å². The van der Waals surface area contributed by atoms with Gasteiger partial charge in [0.2, 0.25) is 5.91 Å². The van der Waals surface area contributed by atoms with Gasteiger partial charge in [0.15, 0.2) is 0 Å². The van der Waals surface area contributed by atoms with Crippen molar-refractivity contribution < 1.29 is 9.90 Å². The lowest BCUT2D eigenvalue weighted by molar-refractivity contribution is -0.128. The highest BCUT2D eigenvalue weighted by atomic mass is 79.9. The van der Waals surface area contributed by atoms with Crippen LogP contribution in [0.5, 0.6) is 0 Å². The second-order valence-electron chi connectivity index (χ2n) is 5.04. The molecule has 0 aliphatic heterocycles. The van der Waals surface area contributed by atoms with Gasteiger partial charge in [0.25, 0.3) is 0 Å². The average Bonchev–Trinajstić information content (AvgIpc) is 2.27. The van der Waals surface area contributed by atoms with E-state index in [0.29, 0.717) is 6.54 Å². The quantitative estimate of drug-likeness (QED) is 0.897. The number of nitrogens with one attached hydrogen (secondary N) is 1. The molecule has 0 radical (unpaired) electrons. The fraction of sp³-hybridized carbons (Fsp3) is 0.500. The zero-order chi connectivity index (χ0) is 13.2. The lowest BCUT2D eigenvalue weighted by Gasteiger charge is -2.42. The third-order valence-corrected chi connectivity index (χ3v) is 4.22. The molecule has 1 fully saturated rings. The third kappa shape index (κ3) is 2.75. The topological polar surface area (TPSA) is 49.3 Å². The molecule has 1 unspecified atom stereocenters. The van der Waals surface area contributed by atoms with Gasteiger partial charge in [0.05, 0.1) is 0 Å². The van der Waals surface area contributed by atoms with Crippen LogP contribution in [-0.4, -0.2) is 23.7 Å². The number of aliphatic hydroxyl groups is 1. The molecule has 0 aromatic heterocycles. The highest BCUT2D eigenvalue weighted by molar-refractivity contribution is 9.10. The summed E-state index contributed by atoms with van der Waals surface area (Å²) < 4.78 is 1.06. The van der Waals surface area contributed by atoms with E-state index in [2.05, 4.69) is 33.4 Å².